The number of nitrogens with zero attached hydrogens (tertiary/aromatic N) is 2. The third kappa shape index (κ3) is 2.40. The van der Waals surface area contributed by atoms with Crippen molar-refractivity contribution in [3.05, 3.63) is 21.9 Å². The molecule has 2 saturated heterocycles. The minimum absolute atomic E-state index is 0.267. The zero-order valence-electron chi connectivity index (χ0n) is 12.5. The van der Waals surface area contributed by atoms with Crippen LogP contribution in [0.3, 0.4) is 0 Å². The molecule has 110 valence electrons. The van der Waals surface area contributed by atoms with Gasteiger partial charge in [-0.3, -0.25) is 9.69 Å². The standard InChI is InChI=1S/C16H24N2OS/c1-3-17-9-4-6-13(17)14-7-5-10-18(14)16(19)15-12(2)8-11-20-15/h8,11,13-14H,3-7,9-10H2,1-2H3/t13-,14-/m0/s1. The van der Waals surface area contributed by atoms with Crippen LogP contribution < -0.4 is 0 Å². The number of hydrogen-bond acceptors (Lipinski definition) is 3. The number of hydrogen-bond donors (Lipinski definition) is 0. The minimum Gasteiger partial charge on any atom is -0.333 e. The maximum absolute atomic E-state index is 12.8. The maximum Gasteiger partial charge on any atom is 0.264 e. The number of carbonyl (C=O) groups is 1. The summed E-state index contributed by atoms with van der Waals surface area (Å²) in [5.74, 6) is 0.267. The molecule has 0 bridgehead atoms. The summed E-state index contributed by atoms with van der Waals surface area (Å²) in [6.45, 7) is 7.54. The van der Waals surface area contributed by atoms with E-state index in [2.05, 4.69) is 22.8 Å². The molecule has 0 radical (unpaired) electrons. The fourth-order valence-electron chi connectivity index (χ4n) is 3.85. The number of likely N-dealkylation sites (tertiary alicyclic amines) is 2. The van der Waals surface area contributed by atoms with Gasteiger partial charge in [-0.1, -0.05) is 6.92 Å². The van der Waals surface area contributed by atoms with Crippen LogP contribution in [-0.2, 0) is 0 Å². The van der Waals surface area contributed by atoms with Crippen molar-refractivity contribution in [2.45, 2.75) is 51.6 Å². The van der Waals surface area contributed by atoms with Gasteiger partial charge in [-0.05, 0) is 62.7 Å². The van der Waals surface area contributed by atoms with Gasteiger partial charge in [-0.15, -0.1) is 11.3 Å². The van der Waals surface area contributed by atoms with Gasteiger partial charge >= 0.3 is 0 Å². The SMILES string of the molecule is CCN1CCC[C@H]1[C@@H]1CCCN1C(=O)c1sccc1C. The lowest BCUT2D eigenvalue weighted by Gasteiger charge is -2.34. The van der Waals surface area contributed by atoms with E-state index in [1.54, 1.807) is 11.3 Å². The Bertz CT molecular complexity index is 485. The van der Waals surface area contributed by atoms with Gasteiger partial charge in [0, 0.05) is 18.6 Å². The Morgan fingerprint density at radius 1 is 1.30 bits per heavy atom. The summed E-state index contributed by atoms with van der Waals surface area (Å²) in [6.07, 6.45) is 4.88. The van der Waals surface area contributed by atoms with Crippen molar-refractivity contribution in [1.82, 2.24) is 9.80 Å². The number of amides is 1. The van der Waals surface area contributed by atoms with Crippen LogP contribution in [0.15, 0.2) is 11.4 Å². The van der Waals surface area contributed by atoms with Crippen molar-refractivity contribution >= 4 is 17.2 Å². The highest BCUT2D eigenvalue weighted by molar-refractivity contribution is 7.12. The van der Waals surface area contributed by atoms with E-state index < -0.39 is 0 Å². The molecule has 1 amide bonds. The molecule has 3 rings (SSSR count). The summed E-state index contributed by atoms with van der Waals surface area (Å²) in [5, 5.41) is 2.03. The highest BCUT2D eigenvalue weighted by Gasteiger charge is 2.39. The molecule has 2 atom stereocenters. The molecule has 2 aliphatic rings. The molecule has 1 aromatic rings. The molecule has 0 aromatic carbocycles. The number of aryl methyl sites for hydroxylation is 1. The summed E-state index contributed by atoms with van der Waals surface area (Å²) in [5.41, 5.74) is 1.13. The zero-order valence-corrected chi connectivity index (χ0v) is 13.3. The molecule has 0 unspecified atom stereocenters. The Balaban J connectivity index is 1.79. The Kier molecular flexibility index (Phi) is 4.13. The quantitative estimate of drug-likeness (QED) is 0.854. The van der Waals surface area contributed by atoms with Crippen LogP contribution >= 0.6 is 11.3 Å². The predicted molar refractivity (Wildman–Crippen MR) is 83.4 cm³/mol. The Morgan fingerprint density at radius 3 is 2.75 bits per heavy atom. The van der Waals surface area contributed by atoms with E-state index in [1.807, 2.05) is 12.3 Å². The molecular weight excluding hydrogens is 268 g/mol. The van der Waals surface area contributed by atoms with Gasteiger partial charge in [0.15, 0.2) is 0 Å². The van der Waals surface area contributed by atoms with E-state index in [-0.39, 0.29) is 5.91 Å². The predicted octanol–water partition coefficient (Wildman–Crippen LogP) is 3.15. The van der Waals surface area contributed by atoms with Crippen LogP contribution in [0.5, 0.6) is 0 Å². The van der Waals surface area contributed by atoms with Gasteiger partial charge in [-0.25, -0.2) is 0 Å². The highest BCUT2D eigenvalue weighted by Crippen LogP contribution is 2.32. The third-order valence-corrected chi connectivity index (χ3v) is 5.89. The Morgan fingerprint density at radius 2 is 2.05 bits per heavy atom. The summed E-state index contributed by atoms with van der Waals surface area (Å²) in [4.78, 5) is 18.5. The zero-order chi connectivity index (χ0) is 14.1. The summed E-state index contributed by atoms with van der Waals surface area (Å²) >= 11 is 1.59. The fourth-order valence-corrected chi connectivity index (χ4v) is 4.73. The first kappa shape index (κ1) is 14.1. The molecular formula is C16H24N2OS. The molecule has 2 aliphatic heterocycles. The van der Waals surface area contributed by atoms with Crippen molar-refractivity contribution in [3.63, 3.8) is 0 Å². The lowest BCUT2D eigenvalue weighted by molar-refractivity contribution is 0.0654. The van der Waals surface area contributed by atoms with Crippen molar-refractivity contribution in [2.75, 3.05) is 19.6 Å². The summed E-state index contributed by atoms with van der Waals surface area (Å²) in [6, 6.07) is 3.08. The van der Waals surface area contributed by atoms with Crippen LogP contribution in [0.4, 0.5) is 0 Å². The minimum atomic E-state index is 0.267. The van der Waals surface area contributed by atoms with Gasteiger partial charge < -0.3 is 4.90 Å². The maximum atomic E-state index is 12.8. The van der Waals surface area contributed by atoms with E-state index in [1.165, 1.54) is 25.8 Å². The Hall–Kier alpha value is -0.870. The first-order valence-corrected chi connectivity index (χ1v) is 8.69. The number of rotatable bonds is 3. The van der Waals surface area contributed by atoms with E-state index in [4.69, 9.17) is 0 Å². The second-order valence-electron chi connectivity index (χ2n) is 5.98. The first-order chi connectivity index (χ1) is 9.72. The number of carbonyl (C=O) groups excluding carboxylic acids is 1. The molecule has 4 heteroatoms. The van der Waals surface area contributed by atoms with Gasteiger partial charge in [0.2, 0.25) is 0 Å². The van der Waals surface area contributed by atoms with Gasteiger partial charge in [0.1, 0.15) is 0 Å². The smallest absolute Gasteiger partial charge is 0.264 e. The van der Waals surface area contributed by atoms with Gasteiger partial charge in [0.05, 0.1) is 4.88 Å². The average Bonchev–Trinajstić information content (AvgIpc) is 3.17. The molecule has 3 heterocycles. The van der Waals surface area contributed by atoms with Crippen LogP contribution in [-0.4, -0.2) is 47.4 Å². The number of likely N-dealkylation sites (N-methyl/N-ethyl adjacent to an activating group) is 1. The van der Waals surface area contributed by atoms with Crippen molar-refractivity contribution in [1.29, 1.82) is 0 Å². The van der Waals surface area contributed by atoms with E-state index in [0.717, 1.165) is 30.0 Å². The highest BCUT2D eigenvalue weighted by atomic mass is 32.1. The molecule has 1 aromatic heterocycles. The molecule has 0 aliphatic carbocycles. The lowest BCUT2D eigenvalue weighted by atomic mass is 10.0. The average molecular weight is 292 g/mol. The molecule has 3 nitrogen and oxygen atoms in total. The normalized spacial score (nSPS) is 27.4. The Labute approximate surface area is 125 Å². The van der Waals surface area contributed by atoms with E-state index >= 15 is 0 Å². The summed E-state index contributed by atoms with van der Waals surface area (Å²) in [7, 11) is 0. The number of thiophene rings is 1. The third-order valence-electron chi connectivity index (χ3n) is 4.88. The van der Waals surface area contributed by atoms with Crippen LogP contribution in [0.25, 0.3) is 0 Å². The van der Waals surface area contributed by atoms with Gasteiger partial charge in [0.25, 0.3) is 5.91 Å². The van der Waals surface area contributed by atoms with Crippen LogP contribution in [0.1, 0.15) is 47.8 Å². The lowest BCUT2D eigenvalue weighted by Crippen LogP contribution is -2.48. The van der Waals surface area contributed by atoms with Crippen LogP contribution in [0.2, 0.25) is 0 Å². The topological polar surface area (TPSA) is 23.6 Å². The second kappa shape index (κ2) is 5.86. The largest absolute Gasteiger partial charge is 0.333 e. The van der Waals surface area contributed by atoms with Crippen molar-refractivity contribution in [2.24, 2.45) is 0 Å². The summed E-state index contributed by atoms with van der Waals surface area (Å²) < 4.78 is 0. The van der Waals surface area contributed by atoms with Gasteiger partial charge in [-0.2, -0.15) is 0 Å². The van der Waals surface area contributed by atoms with Crippen molar-refractivity contribution < 1.29 is 4.79 Å². The monoisotopic (exact) mass is 292 g/mol. The molecule has 20 heavy (non-hydrogen) atoms. The fraction of sp³-hybridized carbons (Fsp3) is 0.688. The second-order valence-corrected chi connectivity index (χ2v) is 6.90. The van der Waals surface area contributed by atoms with Crippen LogP contribution in [0, 0.1) is 6.92 Å². The van der Waals surface area contributed by atoms with E-state index in [9.17, 15) is 4.79 Å². The first-order valence-electron chi connectivity index (χ1n) is 7.81. The van der Waals surface area contributed by atoms with Crippen molar-refractivity contribution in [3.8, 4) is 0 Å². The molecule has 2 fully saturated rings. The molecule has 0 N–H and O–H groups in total. The van der Waals surface area contributed by atoms with E-state index in [0.29, 0.717) is 12.1 Å². The molecule has 0 spiro atoms. The molecule has 0 saturated carbocycles.